The first-order chi connectivity index (χ1) is 19.1. The Kier molecular flexibility index (Phi) is 7.80. The number of ether oxygens (including phenoxy) is 1. The van der Waals surface area contributed by atoms with E-state index in [0.29, 0.717) is 5.92 Å². The molecule has 5 nitrogen and oxygen atoms in total. The fourth-order valence-corrected chi connectivity index (χ4v) is 6.55. The summed E-state index contributed by atoms with van der Waals surface area (Å²) in [5, 5.41) is 21.9. The van der Waals surface area contributed by atoms with Crippen LogP contribution in [0.25, 0.3) is 27.8 Å². The monoisotopic (exact) mass is 526 g/mol. The molecular weight excluding hydrogens is 484 g/mol. The lowest BCUT2D eigenvalue weighted by molar-refractivity contribution is 0.0685. The van der Waals surface area contributed by atoms with Crippen molar-refractivity contribution in [1.29, 1.82) is 0 Å². The zero-order chi connectivity index (χ0) is 26.8. The van der Waals surface area contributed by atoms with Gasteiger partial charge >= 0.3 is 0 Å². The predicted molar refractivity (Wildman–Crippen MR) is 159 cm³/mol. The van der Waals surface area contributed by atoms with Crippen molar-refractivity contribution >= 4 is 27.8 Å². The van der Waals surface area contributed by atoms with E-state index in [1.807, 2.05) is 6.08 Å². The van der Waals surface area contributed by atoms with Crippen molar-refractivity contribution in [2.45, 2.75) is 77.1 Å². The highest BCUT2D eigenvalue weighted by Gasteiger charge is 2.36. The van der Waals surface area contributed by atoms with Crippen molar-refractivity contribution < 1.29 is 14.3 Å². The number of aliphatic hydroxyl groups excluding tert-OH is 1. The van der Waals surface area contributed by atoms with E-state index < -0.39 is 6.10 Å². The Labute approximate surface area is 232 Å². The predicted octanol–water partition coefficient (Wildman–Crippen LogP) is 7.06. The fourth-order valence-electron chi connectivity index (χ4n) is 6.55. The molecule has 39 heavy (non-hydrogen) atoms. The minimum atomic E-state index is -0.464. The molecule has 206 valence electrons. The second-order valence-electron chi connectivity index (χ2n) is 11.6. The van der Waals surface area contributed by atoms with Gasteiger partial charge in [-0.2, -0.15) is 0 Å². The molecule has 6 unspecified atom stereocenters. The van der Waals surface area contributed by atoms with E-state index in [-0.39, 0.29) is 24.0 Å². The molecule has 0 saturated heterocycles. The smallest absolute Gasteiger partial charge is 0.185 e. The van der Waals surface area contributed by atoms with Crippen molar-refractivity contribution in [3.05, 3.63) is 77.9 Å². The molecule has 5 heteroatoms. The summed E-state index contributed by atoms with van der Waals surface area (Å²) >= 11 is 0. The highest BCUT2D eigenvalue weighted by atomic mass is 16.5. The average Bonchev–Trinajstić information content (AvgIpc) is 3.36. The third-order valence-electron chi connectivity index (χ3n) is 8.97. The Balaban J connectivity index is 1.26. The first-order valence-electron chi connectivity index (χ1n) is 15.0. The van der Waals surface area contributed by atoms with E-state index in [1.165, 1.54) is 41.0 Å². The molecule has 3 aliphatic rings. The summed E-state index contributed by atoms with van der Waals surface area (Å²) in [6, 6.07) is 12.9. The third kappa shape index (κ3) is 5.39. The minimum Gasteiger partial charge on any atom is -0.479 e. The van der Waals surface area contributed by atoms with E-state index in [1.54, 1.807) is 0 Å². The number of furan rings is 1. The summed E-state index contributed by atoms with van der Waals surface area (Å²) in [5.41, 5.74) is 2.16. The normalized spacial score (nSPS) is 27.3. The van der Waals surface area contributed by atoms with Crippen LogP contribution >= 0.6 is 0 Å². The number of aliphatic hydroxyl groups is 1. The Morgan fingerprint density at radius 2 is 2.03 bits per heavy atom. The topological polar surface area (TPSA) is 66.7 Å². The van der Waals surface area contributed by atoms with Gasteiger partial charge in [-0.05, 0) is 48.1 Å². The maximum atomic E-state index is 10.8. The molecule has 0 amide bonds. The Bertz CT molecular complexity index is 1390. The van der Waals surface area contributed by atoms with E-state index in [0.717, 1.165) is 49.5 Å². The van der Waals surface area contributed by atoms with Gasteiger partial charge in [0, 0.05) is 35.2 Å². The Hall–Kier alpha value is -3.02. The molecule has 0 fully saturated rings. The van der Waals surface area contributed by atoms with Crippen LogP contribution < -0.4 is 10.6 Å². The summed E-state index contributed by atoms with van der Waals surface area (Å²) in [7, 11) is 0. The summed E-state index contributed by atoms with van der Waals surface area (Å²) < 4.78 is 12.9. The summed E-state index contributed by atoms with van der Waals surface area (Å²) in [5.74, 6) is 2.77. The first kappa shape index (κ1) is 26.2. The van der Waals surface area contributed by atoms with Crippen LogP contribution in [0.4, 0.5) is 0 Å². The lowest BCUT2D eigenvalue weighted by Crippen LogP contribution is -2.59. The van der Waals surface area contributed by atoms with Crippen LogP contribution in [0.5, 0.6) is 0 Å². The molecule has 2 heterocycles. The van der Waals surface area contributed by atoms with Gasteiger partial charge in [-0.15, -0.1) is 0 Å². The Morgan fingerprint density at radius 1 is 1.13 bits per heavy atom. The first-order valence-corrected chi connectivity index (χ1v) is 15.0. The molecule has 0 bridgehead atoms. The van der Waals surface area contributed by atoms with Gasteiger partial charge in [-0.3, -0.25) is 5.32 Å². The molecular formula is C34H42N2O3. The third-order valence-corrected chi connectivity index (χ3v) is 8.97. The number of hydrogen-bond acceptors (Lipinski definition) is 5. The SMILES string of the molecule is CCCCC(CC)COC1=CC(C2C=Cc3c(oc4ccc5ccccc5c34)C2)NC(C2CCC=CC2O)N1. The average molecular weight is 527 g/mol. The quantitative estimate of drug-likeness (QED) is 0.261. The van der Waals surface area contributed by atoms with Crippen LogP contribution in [0.3, 0.4) is 0 Å². The van der Waals surface area contributed by atoms with E-state index >= 15 is 0 Å². The van der Waals surface area contributed by atoms with Gasteiger partial charge in [0.25, 0.3) is 0 Å². The molecule has 2 aromatic carbocycles. The van der Waals surface area contributed by atoms with Gasteiger partial charge in [0.05, 0.1) is 18.9 Å². The maximum absolute atomic E-state index is 10.8. The molecule has 0 radical (unpaired) electrons. The zero-order valence-electron chi connectivity index (χ0n) is 23.2. The standard InChI is InChI=1S/C34H42N2O3/c1-3-5-10-22(4-2)21-38-32-20-28(35-34(36-32)26-13-8-9-14-29(26)37)24-15-17-27-31(19-24)39-30-18-16-23-11-6-7-12-25(23)33(27)30/h6-7,9,11-12,14-18,20,22,24,26,28-29,34-37H,3-5,8,10,13,19,21H2,1-2H3. The van der Waals surface area contributed by atoms with Crippen LogP contribution in [0.1, 0.15) is 63.7 Å². The lowest BCUT2D eigenvalue weighted by Gasteiger charge is -2.41. The van der Waals surface area contributed by atoms with Gasteiger partial charge in [-0.1, -0.05) is 87.7 Å². The highest BCUT2D eigenvalue weighted by molar-refractivity contribution is 6.10. The number of unbranched alkanes of at least 4 members (excludes halogenated alkanes) is 1. The second-order valence-corrected chi connectivity index (χ2v) is 11.6. The second kappa shape index (κ2) is 11.6. The summed E-state index contributed by atoms with van der Waals surface area (Å²) in [6.07, 6.45) is 17.8. The van der Waals surface area contributed by atoms with Crippen molar-refractivity contribution in [2.24, 2.45) is 17.8 Å². The van der Waals surface area contributed by atoms with Crippen molar-refractivity contribution in [2.75, 3.05) is 6.61 Å². The molecule has 1 aromatic heterocycles. The largest absolute Gasteiger partial charge is 0.479 e. The molecule has 3 aromatic rings. The number of benzene rings is 2. The van der Waals surface area contributed by atoms with Crippen molar-refractivity contribution in [3.63, 3.8) is 0 Å². The van der Waals surface area contributed by atoms with Gasteiger partial charge < -0.3 is 19.6 Å². The highest BCUT2D eigenvalue weighted by Crippen LogP contribution is 2.38. The van der Waals surface area contributed by atoms with Crippen LogP contribution in [0.15, 0.2) is 71.0 Å². The van der Waals surface area contributed by atoms with Gasteiger partial charge in [-0.25, -0.2) is 0 Å². The van der Waals surface area contributed by atoms with Crippen LogP contribution in [-0.4, -0.2) is 30.0 Å². The van der Waals surface area contributed by atoms with Crippen LogP contribution in [0, 0.1) is 17.8 Å². The zero-order valence-corrected chi connectivity index (χ0v) is 23.2. The van der Waals surface area contributed by atoms with Gasteiger partial charge in [0.1, 0.15) is 11.3 Å². The molecule has 3 N–H and O–H groups in total. The van der Waals surface area contributed by atoms with E-state index in [2.05, 4.69) is 85.2 Å². The molecule has 1 aliphatic heterocycles. The Morgan fingerprint density at radius 3 is 2.87 bits per heavy atom. The summed E-state index contributed by atoms with van der Waals surface area (Å²) in [6.45, 7) is 5.23. The maximum Gasteiger partial charge on any atom is 0.185 e. The number of allylic oxidation sites excluding steroid dienone is 1. The number of rotatable bonds is 9. The minimum absolute atomic E-state index is 0.0555. The van der Waals surface area contributed by atoms with Crippen LogP contribution in [-0.2, 0) is 11.2 Å². The molecule has 0 spiro atoms. The number of hydrogen-bond donors (Lipinski definition) is 3. The van der Waals surface area contributed by atoms with Gasteiger partial charge in [0.2, 0.25) is 0 Å². The molecule has 0 saturated carbocycles. The van der Waals surface area contributed by atoms with E-state index in [4.69, 9.17) is 9.15 Å². The van der Waals surface area contributed by atoms with Crippen molar-refractivity contribution in [1.82, 2.24) is 10.6 Å². The number of nitrogens with one attached hydrogen (secondary N) is 2. The lowest BCUT2D eigenvalue weighted by atomic mass is 9.84. The fraction of sp³-hybridized carbons (Fsp3) is 0.471. The summed E-state index contributed by atoms with van der Waals surface area (Å²) in [4.78, 5) is 0. The van der Waals surface area contributed by atoms with E-state index in [9.17, 15) is 5.11 Å². The van der Waals surface area contributed by atoms with Crippen molar-refractivity contribution in [3.8, 4) is 0 Å². The molecule has 6 atom stereocenters. The molecule has 2 aliphatic carbocycles. The number of fused-ring (bicyclic) bond motifs is 5. The van der Waals surface area contributed by atoms with Gasteiger partial charge in [0.15, 0.2) is 5.88 Å². The van der Waals surface area contributed by atoms with Crippen LogP contribution in [0.2, 0.25) is 0 Å². The molecule has 6 rings (SSSR count).